The molecular weight excluding hydrogens is 431 g/mol. The number of hydrogen-bond acceptors (Lipinski definition) is 3. The average molecular weight is 457 g/mol. The number of carbonyl (C=O) groups is 1. The van der Waals surface area contributed by atoms with Crippen LogP contribution in [0, 0.1) is 31.3 Å². The van der Waals surface area contributed by atoms with Crippen LogP contribution >= 0.6 is 0 Å². The van der Waals surface area contributed by atoms with E-state index in [0.717, 1.165) is 22.6 Å². The summed E-state index contributed by atoms with van der Waals surface area (Å²) in [5.41, 5.74) is 1.08. The Morgan fingerprint density at radius 3 is 2.35 bits per heavy atom. The second-order valence-electron chi connectivity index (χ2n) is 7.77. The minimum absolute atomic E-state index is 0.224. The van der Waals surface area contributed by atoms with Crippen molar-refractivity contribution in [2.45, 2.75) is 31.7 Å². The highest BCUT2D eigenvalue weighted by atomic mass is 32.2. The minimum atomic E-state index is -3.65. The molecule has 1 heterocycles. The molecule has 1 amide bonds. The second kappa shape index (κ2) is 8.97. The van der Waals surface area contributed by atoms with Gasteiger partial charge in [0.25, 0.3) is 5.91 Å². The van der Waals surface area contributed by atoms with Gasteiger partial charge >= 0.3 is 0 Å². The van der Waals surface area contributed by atoms with Crippen molar-refractivity contribution in [3.05, 3.63) is 58.9 Å². The number of amides is 1. The van der Waals surface area contributed by atoms with Gasteiger partial charge in [-0.2, -0.15) is 4.31 Å². The van der Waals surface area contributed by atoms with Crippen molar-refractivity contribution in [1.29, 1.82) is 0 Å². The summed E-state index contributed by atoms with van der Waals surface area (Å²) in [5, 5.41) is 2.28. The number of hydrogen-bond donors (Lipinski definition) is 2. The van der Waals surface area contributed by atoms with Crippen molar-refractivity contribution < 1.29 is 31.3 Å². The summed E-state index contributed by atoms with van der Waals surface area (Å²) in [4.78, 5) is 13.6. The van der Waals surface area contributed by atoms with E-state index in [-0.39, 0.29) is 18.0 Å². The number of anilines is 1. The largest absolute Gasteiger partial charge is 0.323 e. The van der Waals surface area contributed by atoms with Crippen molar-refractivity contribution in [2.24, 2.45) is 0 Å². The summed E-state index contributed by atoms with van der Waals surface area (Å²) in [6.45, 7) is 6.40. The van der Waals surface area contributed by atoms with Gasteiger partial charge in [-0.25, -0.2) is 21.6 Å². The van der Waals surface area contributed by atoms with E-state index >= 15 is 0 Å². The summed E-state index contributed by atoms with van der Waals surface area (Å²) in [6.07, 6.45) is 0. The first-order chi connectivity index (χ1) is 14.5. The maximum atomic E-state index is 13.8. The predicted molar refractivity (Wildman–Crippen MR) is 110 cm³/mol. The first kappa shape index (κ1) is 23.2. The van der Waals surface area contributed by atoms with Crippen LogP contribution in [0.2, 0.25) is 0 Å². The Labute approximate surface area is 179 Å². The second-order valence-corrected chi connectivity index (χ2v) is 9.67. The molecule has 1 saturated heterocycles. The van der Waals surface area contributed by atoms with Gasteiger partial charge in [0, 0.05) is 0 Å². The van der Waals surface area contributed by atoms with Crippen LogP contribution < -0.4 is 10.2 Å². The van der Waals surface area contributed by atoms with Gasteiger partial charge in [-0.15, -0.1) is 0 Å². The molecule has 0 bridgehead atoms. The van der Waals surface area contributed by atoms with E-state index in [9.17, 15) is 26.4 Å². The molecule has 2 aromatic carbocycles. The Hall–Kier alpha value is -2.43. The predicted octanol–water partition coefficient (Wildman–Crippen LogP) is 1.64. The van der Waals surface area contributed by atoms with Crippen LogP contribution in [0.15, 0.2) is 35.2 Å². The van der Waals surface area contributed by atoms with E-state index in [1.54, 1.807) is 26.0 Å². The third-order valence-electron chi connectivity index (χ3n) is 5.62. The van der Waals surface area contributed by atoms with Gasteiger partial charge in [-0.1, -0.05) is 12.1 Å². The SMILES string of the molecule is Cc1ccc(C)c(S(=O)(=O)N2CC[NH+]([C@H](C)C(=O)Nc3ccc(F)c(F)c3F)CC2)c1. The van der Waals surface area contributed by atoms with Crippen LogP contribution in [0.25, 0.3) is 0 Å². The molecule has 0 unspecified atom stereocenters. The third-order valence-corrected chi connectivity index (χ3v) is 7.67. The fourth-order valence-corrected chi connectivity index (χ4v) is 5.37. The zero-order chi connectivity index (χ0) is 22.9. The number of aryl methyl sites for hydroxylation is 2. The van der Waals surface area contributed by atoms with Crippen LogP contribution in [0.1, 0.15) is 18.1 Å². The van der Waals surface area contributed by atoms with Gasteiger partial charge in [0.1, 0.15) is 0 Å². The number of sulfonamides is 1. The van der Waals surface area contributed by atoms with E-state index in [1.807, 2.05) is 13.0 Å². The smallest absolute Gasteiger partial charge is 0.282 e. The van der Waals surface area contributed by atoms with Crippen LogP contribution in [-0.2, 0) is 14.8 Å². The molecule has 31 heavy (non-hydrogen) atoms. The lowest BCUT2D eigenvalue weighted by atomic mass is 10.2. The topological polar surface area (TPSA) is 70.9 Å². The molecule has 10 heteroatoms. The summed E-state index contributed by atoms with van der Waals surface area (Å²) >= 11 is 0. The number of nitrogens with one attached hydrogen (secondary N) is 2. The first-order valence-electron chi connectivity index (χ1n) is 9.88. The molecule has 6 nitrogen and oxygen atoms in total. The van der Waals surface area contributed by atoms with E-state index < -0.39 is 45.1 Å². The van der Waals surface area contributed by atoms with Gasteiger partial charge in [0.15, 0.2) is 23.5 Å². The standard InChI is InChI=1S/C21H24F3N3O3S/c1-13-4-5-14(2)18(12-13)31(29,30)27-10-8-26(9-11-27)15(3)21(28)25-17-7-6-16(22)19(23)20(17)24/h4-7,12,15H,8-11H2,1-3H3,(H,25,28)/p+1/t15-/m1/s1. The lowest BCUT2D eigenvalue weighted by Gasteiger charge is -2.34. The Kier molecular flexibility index (Phi) is 6.73. The van der Waals surface area contributed by atoms with E-state index in [4.69, 9.17) is 0 Å². The maximum Gasteiger partial charge on any atom is 0.282 e. The van der Waals surface area contributed by atoms with Gasteiger partial charge in [0.2, 0.25) is 10.0 Å². The van der Waals surface area contributed by atoms with E-state index in [1.165, 1.54) is 4.31 Å². The summed E-state index contributed by atoms with van der Waals surface area (Å²) in [5.74, 6) is -5.01. The highest BCUT2D eigenvalue weighted by molar-refractivity contribution is 7.89. The van der Waals surface area contributed by atoms with Crippen molar-refractivity contribution >= 4 is 21.6 Å². The molecule has 168 valence electrons. The number of carbonyl (C=O) groups excluding carboxylic acids is 1. The number of benzene rings is 2. The monoisotopic (exact) mass is 456 g/mol. The van der Waals surface area contributed by atoms with Gasteiger partial charge in [-0.05, 0) is 50.1 Å². The van der Waals surface area contributed by atoms with Crippen molar-refractivity contribution in [3.8, 4) is 0 Å². The number of quaternary nitrogens is 1. The molecule has 2 N–H and O–H groups in total. The molecule has 0 aliphatic carbocycles. The maximum absolute atomic E-state index is 13.8. The highest BCUT2D eigenvalue weighted by Crippen LogP contribution is 2.22. The van der Waals surface area contributed by atoms with Crippen LogP contribution in [0.3, 0.4) is 0 Å². The third kappa shape index (κ3) is 4.76. The van der Waals surface area contributed by atoms with Crippen LogP contribution in [0.5, 0.6) is 0 Å². The lowest BCUT2D eigenvalue weighted by molar-refractivity contribution is -0.917. The molecular formula is C21H25F3N3O3S+. The van der Waals surface area contributed by atoms with Crippen molar-refractivity contribution in [3.63, 3.8) is 0 Å². The highest BCUT2D eigenvalue weighted by Gasteiger charge is 2.35. The van der Waals surface area contributed by atoms with E-state index in [2.05, 4.69) is 5.32 Å². The fraction of sp³-hybridized carbons (Fsp3) is 0.381. The Bertz CT molecular complexity index is 1100. The normalized spacial score (nSPS) is 16.8. The van der Waals surface area contributed by atoms with Gasteiger partial charge in [0.05, 0.1) is 36.8 Å². The fourth-order valence-electron chi connectivity index (χ4n) is 3.62. The van der Waals surface area contributed by atoms with Gasteiger partial charge < -0.3 is 10.2 Å². The quantitative estimate of drug-likeness (QED) is 0.672. The molecule has 1 aliphatic rings. The number of piperazine rings is 1. The molecule has 1 atom stereocenters. The number of halogens is 3. The number of nitrogens with zero attached hydrogens (tertiary/aromatic N) is 1. The zero-order valence-corrected chi connectivity index (χ0v) is 18.3. The molecule has 0 radical (unpaired) electrons. The summed E-state index contributed by atoms with van der Waals surface area (Å²) in [6, 6.07) is 6.33. The molecule has 2 aromatic rings. The summed E-state index contributed by atoms with van der Waals surface area (Å²) < 4.78 is 67.7. The Balaban J connectivity index is 1.65. The lowest BCUT2D eigenvalue weighted by Crippen LogP contribution is -3.19. The van der Waals surface area contributed by atoms with Crippen LogP contribution in [-0.4, -0.2) is 50.9 Å². The zero-order valence-electron chi connectivity index (χ0n) is 17.5. The minimum Gasteiger partial charge on any atom is -0.323 e. The first-order valence-corrected chi connectivity index (χ1v) is 11.3. The Morgan fingerprint density at radius 2 is 1.71 bits per heavy atom. The molecule has 1 fully saturated rings. The average Bonchev–Trinajstić information content (AvgIpc) is 2.75. The molecule has 3 rings (SSSR count). The van der Waals surface area contributed by atoms with Crippen LogP contribution in [0.4, 0.5) is 18.9 Å². The summed E-state index contributed by atoms with van der Waals surface area (Å²) in [7, 11) is -3.65. The van der Waals surface area contributed by atoms with Crippen molar-refractivity contribution in [1.82, 2.24) is 4.31 Å². The van der Waals surface area contributed by atoms with E-state index in [0.29, 0.717) is 18.7 Å². The van der Waals surface area contributed by atoms with Gasteiger partial charge in [-0.3, -0.25) is 4.79 Å². The molecule has 0 spiro atoms. The number of rotatable bonds is 5. The van der Waals surface area contributed by atoms with Crippen molar-refractivity contribution in [2.75, 3.05) is 31.5 Å². The molecule has 1 aliphatic heterocycles. The molecule has 0 saturated carbocycles. The molecule has 0 aromatic heterocycles. The Morgan fingerprint density at radius 1 is 1.06 bits per heavy atom.